The number of rotatable bonds is 5. The summed E-state index contributed by atoms with van der Waals surface area (Å²) >= 11 is 0. The summed E-state index contributed by atoms with van der Waals surface area (Å²) < 4.78 is 0. The summed E-state index contributed by atoms with van der Waals surface area (Å²) in [6.07, 6.45) is 8.58. The fraction of sp³-hybridized carbons (Fsp3) is 1.00. The van der Waals surface area contributed by atoms with E-state index in [1.807, 2.05) is 0 Å². The molecule has 0 saturated heterocycles. The second-order valence-electron chi connectivity index (χ2n) is 6.57. The number of hydrogen-bond acceptors (Lipinski definition) is 1. The molecule has 1 N–H and O–H groups in total. The van der Waals surface area contributed by atoms with Gasteiger partial charge in [0.25, 0.3) is 0 Å². The van der Waals surface area contributed by atoms with Crippen LogP contribution >= 0.6 is 0 Å². The van der Waals surface area contributed by atoms with Crippen LogP contribution in [0.15, 0.2) is 0 Å². The second kappa shape index (κ2) is 6.64. The zero-order valence-electron chi connectivity index (χ0n) is 11.8. The van der Waals surface area contributed by atoms with E-state index in [1.165, 1.54) is 51.6 Å². The van der Waals surface area contributed by atoms with Gasteiger partial charge in [0.2, 0.25) is 0 Å². The maximum Gasteiger partial charge on any atom is -0.00129 e. The van der Waals surface area contributed by atoms with Gasteiger partial charge in [0, 0.05) is 0 Å². The lowest BCUT2D eigenvalue weighted by molar-refractivity contribution is 0.122. The Balaban J connectivity index is 2.48. The van der Waals surface area contributed by atoms with Gasteiger partial charge >= 0.3 is 0 Å². The Labute approximate surface area is 102 Å². The Hall–Kier alpha value is -0.0400. The number of hydrogen-bond donors (Lipinski definition) is 1. The molecule has 16 heavy (non-hydrogen) atoms. The largest absolute Gasteiger partial charge is 0.316 e. The molecule has 0 aromatic carbocycles. The molecule has 0 aromatic heterocycles. The highest BCUT2D eigenvalue weighted by atomic mass is 14.9. The van der Waals surface area contributed by atoms with Gasteiger partial charge in [0.1, 0.15) is 0 Å². The molecule has 1 fully saturated rings. The molecule has 1 saturated carbocycles. The van der Waals surface area contributed by atoms with Crippen molar-refractivity contribution in [3.05, 3.63) is 0 Å². The van der Waals surface area contributed by atoms with Crippen LogP contribution in [0, 0.1) is 17.3 Å². The summed E-state index contributed by atoms with van der Waals surface area (Å²) in [6.45, 7) is 11.9. The molecular formula is C15H31N. The van der Waals surface area contributed by atoms with E-state index in [0.29, 0.717) is 5.41 Å². The predicted octanol–water partition coefficient (Wildman–Crippen LogP) is 4.23. The van der Waals surface area contributed by atoms with Crippen LogP contribution in [0.4, 0.5) is 0 Å². The van der Waals surface area contributed by atoms with Gasteiger partial charge in [-0.3, -0.25) is 0 Å². The summed E-state index contributed by atoms with van der Waals surface area (Å²) in [4.78, 5) is 0. The van der Waals surface area contributed by atoms with Gasteiger partial charge in [-0.2, -0.15) is 0 Å². The molecule has 0 aliphatic heterocycles. The Morgan fingerprint density at radius 2 is 1.75 bits per heavy atom. The quantitative estimate of drug-likeness (QED) is 0.691. The van der Waals surface area contributed by atoms with Crippen LogP contribution in [0.2, 0.25) is 0 Å². The van der Waals surface area contributed by atoms with E-state index < -0.39 is 0 Å². The van der Waals surface area contributed by atoms with Crippen LogP contribution in [0.25, 0.3) is 0 Å². The first-order valence-corrected chi connectivity index (χ1v) is 7.26. The van der Waals surface area contributed by atoms with Gasteiger partial charge in [-0.15, -0.1) is 0 Å². The van der Waals surface area contributed by atoms with Crippen molar-refractivity contribution in [2.24, 2.45) is 17.3 Å². The van der Waals surface area contributed by atoms with Gasteiger partial charge in [-0.05, 0) is 36.8 Å². The summed E-state index contributed by atoms with van der Waals surface area (Å²) in [5.74, 6) is 1.83. The fourth-order valence-corrected chi connectivity index (χ4v) is 3.15. The van der Waals surface area contributed by atoms with E-state index >= 15 is 0 Å². The van der Waals surface area contributed by atoms with Crippen molar-refractivity contribution in [1.29, 1.82) is 0 Å². The first-order chi connectivity index (χ1) is 7.55. The molecule has 1 nitrogen and oxygen atoms in total. The lowest BCUT2D eigenvalue weighted by Crippen LogP contribution is -2.38. The van der Waals surface area contributed by atoms with Crippen LogP contribution in [-0.2, 0) is 0 Å². The minimum Gasteiger partial charge on any atom is -0.316 e. The Bertz CT molecular complexity index is 174. The second-order valence-corrected chi connectivity index (χ2v) is 6.57. The molecule has 0 amide bonds. The van der Waals surface area contributed by atoms with Gasteiger partial charge < -0.3 is 5.32 Å². The monoisotopic (exact) mass is 225 g/mol. The average molecular weight is 225 g/mol. The van der Waals surface area contributed by atoms with Gasteiger partial charge in [-0.1, -0.05) is 59.8 Å². The van der Waals surface area contributed by atoms with Crippen LogP contribution in [0.3, 0.4) is 0 Å². The topological polar surface area (TPSA) is 12.0 Å². The van der Waals surface area contributed by atoms with Gasteiger partial charge in [0.15, 0.2) is 0 Å². The Kier molecular flexibility index (Phi) is 5.82. The molecule has 1 aliphatic rings. The van der Waals surface area contributed by atoms with E-state index in [4.69, 9.17) is 0 Å². The molecule has 0 heterocycles. The van der Waals surface area contributed by atoms with Crippen molar-refractivity contribution in [2.75, 3.05) is 13.1 Å². The normalized spacial score (nSPS) is 21.0. The third kappa shape index (κ3) is 4.45. The molecule has 96 valence electrons. The summed E-state index contributed by atoms with van der Waals surface area (Å²) in [5, 5.41) is 3.64. The van der Waals surface area contributed by atoms with Crippen LogP contribution in [-0.4, -0.2) is 13.1 Å². The molecule has 1 heteroatoms. The van der Waals surface area contributed by atoms with E-state index in [-0.39, 0.29) is 0 Å². The molecule has 0 aromatic rings. The lowest BCUT2D eigenvalue weighted by atomic mass is 9.68. The molecule has 1 unspecified atom stereocenters. The fourth-order valence-electron chi connectivity index (χ4n) is 3.15. The van der Waals surface area contributed by atoms with E-state index in [1.54, 1.807) is 0 Å². The minimum absolute atomic E-state index is 0.461. The Morgan fingerprint density at radius 1 is 1.12 bits per heavy atom. The molecule has 0 bridgehead atoms. The molecular weight excluding hydrogens is 194 g/mol. The third-order valence-electron chi connectivity index (χ3n) is 4.12. The smallest absolute Gasteiger partial charge is 0.00129 e. The SMILES string of the molecule is CCCNCC(C1CCCCC1)C(C)(C)C. The Morgan fingerprint density at radius 3 is 2.25 bits per heavy atom. The molecule has 0 radical (unpaired) electrons. The third-order valence-corrected chi connectivity index (χ3v) is 4.12. The van der Waals surface area contributed by atoms with Crippen molar-refractivity contribution in [3.8, 4) is 0 Å². The first kappa shape index (κ1) is 14.0. The summed E-state index contributed by atoms with van der Waals surface area (Å²) in [5.41, 5.74) is 0.461. The molecule has 0 spiro atoms. The van der Waals surface area contributed by atoms with Crippen molar-refractivity contribution >= 4 is 0 Å². The van der Waals surface area contributed by atoms with Crippen LogP contribution < -0.4 is 5.32 Å². The van der Waals surface area contributed by atoms with Crippen LogP contribution in [0.1, 0.15) is 66.2 Å². The van der Waals surface area contributed by atoms with Crippen molar-refractivity contribution in [3.63, 3.8) is 0 Å². The lowest BCUT2D eigenvalue weighted by Gasteiger charge is -2.39. The zero-order chi connectivity index (χ0) is 12.0. The highest BCUT2D eigenvalue weighted by molar-refractivity contribution is 4.84. The van der Waals surface area contributed by atoms with Crippen molar-refractivity contribution < 1.29 is 0 Å². The summed E-state index contributed by atoms with van der Waals surface area (Å²) in [7, 11) is 0. The van der Waals surface area contributed by atoms with Crippen molar-refractivity contribution in [2.45, 2.75) is 66.2 Å². The molecule has 1 atom stereocenters. The highest BCUT2D eigenvalue weighted by Gasteiger charge is 2.32. The van der Waals surface area contributed by atoms with E-state index in [9.17, 15) is 0 Å². The maximum atomic E-state index is 3.64. The maximum absolute atomic E-state index is 3.64. The van der Waals surface area contributed by atoms with E-state index in [2.05, 4.69) is 33.0 Å². The molecule has 1 aliphatic carbocycles. The van der Waals surface area contributed by atoms with Crippen molar-refractivity contribution in [1.82, 2.24) is 5.32 Å². The minimum atomic E-state index is 0.461. The average Bonchev–Trinajstić information content (AvgIpc) is 2.24. The summed E-state index contributed by atoms with van der Waals surface area (Å²) in [6, 6.07) is 0. The van der Waals surface area contributed by atoms with Gasteiger partial charge in [0.05, 0.1) is 0 Å². The first-order valence-electron chi connectivity index (χ1n) is 7.26. The zero-order valence-corrected chi connectivity index (χ0v) is 11.8. The van der Waals surface area contributed by atoms with Gasteiger partial charge in [-0.25, -0.2) is 0 Å². The van der Waals surface area contributed by atoms with Crippen LogP contribution in [0.5, 0.6) is 0 Å². The van der Waals surface area contributed by atoms with E-state index in [0.717, 1.165) is 11.8 Å². The predicted molar refractivity (Wildman–Crippen MR) is 72.7 cm³/mol. The highest BCUT2D eigenvalue weighted by Crippen LogP contribution is 2.39. The number of nitrogens with one attached hydrogen (secondary N) is 1. The molecule has 1 rings (SSSR count). The standard InChI is InChI=1S/C15H31N/c1-5-11-16-12-14(15(2,3)4)13-9-7-6-8-10-13/h13-14,16H,5-12H2,1-4H3.